The molecule has 1 aromatic heterocycles. The second kappa shape index (κ2) is 4.89. The average molecular weight is 268 g/mol. The zero-order chi connectivity index (χ0) is 14.1. The normalized spacial score (nSPS) is 10.9. The van der Waals surface area contributed by atoms with Gasteiger partial charge in [0.1, 0.15) is 5.82 Å². The van der Waals surface area contributed by atoms with Crippen LogP contribution in [-0.2, 0) is 13.5 Å². The smallest absolute Gasteiger partial charge is 0.267 e. The first kappa shape index (κ1) is 12.5. The van der Waals surface area contributed by atoms with E-state index in [9.17, 15) is 9.18 Å². The van der Waals surface area contributed by atoms with E-state index in [2.05, 4.69) is 5.10 Å². The average Bonchev–Trinajstić information content (AvgIpc) is 2.47. The predicted octanol–water partition coefficient (Wildman–Crippen LogP) is 2.66. The molecule has 0 atom stereocenters. The summed E-state index contributed by atoms with van der Waals surface area (Å²) < 4.78 is 14.3. The molecule has 0 bridgehead atoms. The van der Waals surface area contributed by atoms with Gasteiger partial charge in [0.05, 0.1) is 11.1 Å². The van der Waals surface area contributed by atoms with Crippen molar-refractivity contribution in [2.24, 2.45) is 7.05 Å². The van der Waals surface area contributed by atoms with E-state index in [4.69, 9.17) is 0 Å². The molecule has 3 rings (SSSR count). The van der Waals surface area contributed by atoms with Gasteiger partial charge in [0.25, 0.3) is 5.56 Å². The van der Waals surface area contributed by atoms with Crippen LogP contribution in [0.5, 0.6) is 0 Å². The van der Waals surface area contributed by atoms with Crippen LogP contribution in [0.15, 0.2) is 53.3 Å². The second-order valence-electron chi connectivity index (χ2n) is 4.72. The Morgan fingerprint density at radius 1 is 1.05 bits per heavy atom. The lowest BCUT2D eigenvalue weighted by Gasteiger charge is -2.08. The lowest BCUT2D eigenvalue weighted by Crippen LogP contribution is -2.21. The first-order chi connectivity index (χ1) is 9.65. The summed E-state index contributed by atoms with van der Waals surface area (Å²) in [6, 6.07) is 13.7. The van der Waals surface area contributed by atoms with E-state index in [1.807, 2.05) is 18.2 Å². The Morgan fingerprint density at radius 2 is 1.70 bits per heavy atom. The first-order valence-electron chi connectivity index (χ1n) is 6.34. The number of fused-ring (bicyclic) bond motifs is 1. The van der Waals surface area contributed by atoms with Crippen molar-refractivity contribution in [2.75, 3.05) is 0 Å². The molecule has 0 aliphatic carbocycles. The number of rotatable bonds is 2. The highest BCUT2D eigenvalue weighted by molar-refractivity contribution is 5.83. The molecule has 3 aromatic rings. The number of hydrogen-bond acceptors (Lipinski definition) is 2. The second-order valence-corrected chi connectivity index (χ2v) is 4.72. The quantitative estimate of drug-likeness (QED) is 0.716. The third-order valence-corrected chi connectivity index (χ3v) is 3.32. The Morgan fingerprint density at radius 3 is 2.40 bits per heavy atom. The van der Waals surface area contributed by atoms with Crippen LogP contribution in [0.4, 0.5) is 4.39 Å². The number of aryl methyl sites for hydroxylation is 1. The summed E-state index contributed by atoms with van der Waals surface area (Å²) in [6.07, 6.45) is 0.564. The van der Waals surface area contributed by atoms with Crippen LogP contribution in [0.2, 0.25) is 0 Å². The zero-order valence-corrected chi connectivity index (χ0v) is 11.0. The van der Waals surface area contributed by atoms with Crippen molar-refractivity contribution in [3.8, 4) is 0 Å². The lowest BCUT2D eigenvalue weighted by atomic mass is 10.0. The van der Waals surface area contributed by atoms with Crippen LogP contribution >= 0.6 is 0 Å². The molecule has 20 heavy (non-hydrogen) atoms. The van der Waals surface area contributed by atoms with E-state index in [0.717, 1.165) is 16.6 Å². The van der Waals surface area contributed by atoms with Gasteiger partial charge >= 0.3 is 0 Å². The number of hydrogen-bond donors (Lipinski definition) is 0. The van der Waals surface area contributed by atoms with Crippen molar-refractivity contribution in [3.05, 3.63) is 76.0 Å². The summed E-state index contributed by atoms with van der Waals surface area (Å²) in [7, 11) is 1.64. The molecule has 100 valence electrons. The SMILES string of the molecule is Cn1nc(Cc2ccc(F)cc2)c2ccccc2c1=O. The van der Waals surface area contributed by atoms with Crippen LogP contribution < -0.4 is 5.56 Å². The Balaban J connectivity index is 2.14. The van der Waals surface area contributed by atoms with Gasteiger partial charge in [0, 0.05) is 18.9 Å². The molecule has 0 aliphatic rings. The molecule has 0 saturated carbocycles. The maximum atomic E-state index is 12.9. The van der Waals surface area contributed by atoms with Crippen LogP contribution in [0.1, 0.15) is 11.3 Å². The monoisotopic (exact) mass is 268 g/mol. The standard InChI is InChI=1S/C16H13FN2O/c1-19-16(20)14-5-3-2-4-13(14)15(18-19)10-11-6-8-12(17)9-7-11/h2-9H,10H2,1H3. The zero-order valence-electron chi connectivity index (χ0n) is 11.0. The van der Waals surface area contributed by atoms with E-state index >= 15 is 0 Å². The third kappa shape index (κ3) is 2.20. The van der Waals surface area contributed by atoms with E-state index in [1.54, 1.807) is 25.2 Å². The fraction of sp³-hybridized carbons (Fsp3) is 0.125. The van der Waals surface area contributed by atoms with Gasteiger partial charge in [-0.3, -0.25) is 4.79 Å². The minimum Gasteiger partial charge on any atom is -0.267 e. The van der Waals surface area contributed by atoms with Crippen LogP contribution in [0.25, 0.3) is 10.8 Å². The Kier molecular flexibility index (Phi) is 3.06. The van der Waals surface area contributed by atoms with Gasteiger partial charge in [-0.15, -0.1) is 0 Å². The molecule has 2 aromatic carbocycles. The molecule has 0 fully saturated rings. The molecule has 1 heterocycles. The van der Waals surface area contributed by atoms with Crippen molar-refractivity contribution in [2.45, 2.75) is 6.42 Å². The molecule has 0 saturated heterocycles. The Hall–Kier alpha value is -2.49. The van der Waals surface area contributed by atoms with E-state index in [1.165, 1.54) is 16.8 Å². The fourth-order valence-electron chi connectivity index (χ4n) is 2.30. The van der Waals surface area contributed by atoms with Gasteiger partial charge in [0.15, 0.2) is 0 Å². The maximum Gasteiger partial charge on any atom is 0.274 e. The highest BCUT2D eigenvalue weighted by Crippen LogP contribution is 2.16. The molecule has 3 nitrogen and oxygen atoms in total. The topological polar surface area (TPSA) is 34.9 Å². The van der Waals surface area contributed by atoms with Gasteiger partial charge in [0.2, 0.25) is 0 Å². The molecular weight excluding hydrogens is 255 g/mol. The number of benzene rings is 2. The van der Waals surface area contributed by atoms with Crippen molar-refractivity contribution in [1.82, 2.24) is 9.78 Å². The third-order valence-electron chi connectivity index (χ3n) is 3.32. The fourth-order valence-corrected chi connectivity index (χ4v) is 2.30. The summed E-state index contributed by atoms with van der Waals surface area (Å²) in [5.74, 6) is -0.257. The van der Waals surface area contributed by atoms with Crippen LogP contribution in [0.3, 0.4) is 0 Å². The molecule has 4 heteroatoms. The van der Waals surface area contributed by atoms with Gasteiger partial charge in [-0.2, -0.15) is 5.10 Å². The summed E-state index contributed by atoms with van der Waals surface area (Å²) in [6.45, 7) is 0. The summed E-state index contributed by atoms with van der Waals surface area (Å²) in [5.41, 5.74) is 1.67. The van der Waals surface area contributed by atoms with Crippen LogP contribution in [0, 0.1) is 5.82 Å². The number of nitrogens with zero attached hydrogens (tertiary/aromatic N) is 2. The van der Waals surface area contributed by atoms with Crippen molar-refractivity contribution < 1.29 is 4.39 Å². The number of halogens is 1. The van der Waals surface area contributed by atoms with Gasteiger partial charge in [-0.25, -0.2) is 9.07 Å². The van der Waals surface area contributed by atoms with E-state index in [0.29, 0.717) is 11.8 Å². The van der Waals surface area contributed by atoms with Crippen molar-refractivity contribution in [3.63, 3.8) is 0 Å². The van der Waals surface area contributed by atoms with Crippen LogP contribution in [-0.4, -0.2) is 9.78 Å². The summed E-state index contributed by atoms with van der Waals surface area (Å²) in [5, 5.41) is 5.83. The highest BCUT2D eigenvalue weighted by atomic mass is 19.1. The molecule has 0 N–H and O–H groups in total. The minimum atomic E-state index is -0.257. The predicted molar refractivity (Wildman–Crippen MR) is 76.2 cm³/mol. The Labute approximate surface area is 115 Å². The van der Waals surface area contributed by atoms with Gasteiger partial charge in [-0.05, 0) is 23.8 Å². The van der Waals surface area contributed by atoms with E-state index in [-0.39, 0.29) is 11.4 Å². The first-order valence-corrected chi connectivity index (χ1v) is 6.34. The maximum absolute atomic E-state index is 12.9. The highest BCUT2D eigenvalue weighted by Gasteiger charge is 2.08. The van der Waals surface area contributed by atoms with Crippen molar-refractivity contribution in [1.29, 1.82) is 0 Å². The Bertz CT molecular complexity index is 822. The van der Waals surface area contributed by atoms with Crippen molar-refractivity contribution >= 4 is 10.8 Å². The number of aromatic nitrogens is 2. The van der Waals surface area contributed by atoms with E-state index < -0.39 is 0 Å². The lowest BCUT2D eigenvalue weighted by molar-refractivity contribution is 0.627. The molecule has 0 aliphatic heterocycles. The summed E-state index contributed by atoms with van der Waals surface area (Å²) >= 11 is 0. The summed E-state index contributed by atoms with van der Waals surface area (Å²) in [4.78, 5) is 12.0. The minimum absolute atomic E-state index is 0.108. The molecule has 0 radical (unpaired) electrons. The molecule has 0 amide bonds. The molecule has 0 unspecified atom stereocenters. The largest absolute Gasteiger partial charge is 0.274 e. The molecular formula is C16H13FN2O. The van der Waals surface area contributed by atoms with Gasteiger partial charge < -0.3 is 0 Å². The molecule has 0 spiro atoms. The van der Waals surface area contributed by atoms with Gasteiger partial charge in [-0.1, -0.05) is 30.3 Å².